The molecule has 1 saturated carbocycles. The molecule has 1 aliphatic heterocycles. The van der Waals surface area contributed by atoms with Crippen molar-refractivity contribution in [2.75, 3.05) is 5.32 Å². The molecule has 2 aliphatic rings. The minimum atomic E-state index is -4.87. The molecule has 4 rings (SSSR count). The second-order valence-electron chi connectivity index (χ2n) is 8.89. The number of nitrogens with one attached hydrogen (secondary N) is 1. The van der Waals surface area contributed by atoms with Gasteiger partial charge in [-0.25, -0.2) is 4.39 Å². The number of halogens is 5. The molecular weight excluding hydrogens is 467 g/mol. The third-order valence-corrected chi connectivity index (χ3v) is 6.73. The van der Waals surface area contributed by atoms with Crippen LogP contribution in [0.25, 0.3) is 0 Å². The van der Waals surface area contributed by atoms with Gasteiger partial charge in [0, 0.05) is 30.2 Å². The Balaban J connectivity index is 1.77. The number of aliphatic hydroxyl groups is 1. The number of alkyl halides is 3. The number of benzene rings is 1. The molecule has 34 heavy (non-hydrogen) atoms. The summed E-state index contributed by atoms with van der Waals surface area (Å²) in [5, 5.41) is 15.4. The van der Waals surface area contributed by atoms with Crippen molar-refractivity contribution in [1.82, 2.24) is 5.16 Å². The lowest BCUT2D eigenvalue weighted by Gasteiger charge is -2.34. The summed E-state index contributed by atoms with van der Waals surface area (Å²) in [7, 11) is 0. The minimum absolute atomic E-state index is 0.130. The van der Waals surface area contributed by atoms with E-state index >= 15 is 0 Å². The molecule has 2 fully saturated rings. The van der Waals surface area contributed by atoms with Crippen LogP contribution in [0, 0.1) is 24.5 Å². The van der Waals surface area contributed by atoms with Crippen LogP contribution in [0.2, 0.25) is 0 Å². The molecule has 0 bridgehead atoms. The summed E-state index contributed by atoms with van der Waals surface area (Å²) in [6.07, 6.45) is -6.43. The van der Waals surface area contributed by atoms with Crippen LogP contribution in [-0.4, -0.2) is 46.3 Å². The van der Waals surface area contributed by atoms with Crippen LogP contribution < -0.4 is 10.1 Å². The molecule has 0 unspecified atom stereocenters. The second-order valence-corrected chi connectivity index (χ2v) is 8.89. The van der Waals surface area contributed by atoms with E-state index in [9.17, 15) is 31.9 Å². The van der Waals surface area contributed by atoms with E-state index < -0.39 is 65.2 Å². The molecule has 186 valence electrons. The van der Waals surface area contributed by atoms with Crippen molar-refractivity contribution < 1.29 is 45.8 Å². The molecule has 0 radical (unpaired) electrons. The third kappa shape index (κ3) is 4.02. The maximum Gasteiger partial charge on any atom is 0.417 e. The van der Waals surface area contributed by atoms with Crippen LogP contribution in [0.15, 0.2) is 22.9 Å². The molecule has 1 amide bonds. The smallest absolute Gasteiger partial charge is 0.417 e. The quantitative estimate of drug-likeness (QED) is 0.609. The Hall–Kier alpha value is -2.73. The van der Waals surface area contributed by atoms with Gasteiger partial charge in [0.2, 0.25) is 5.82 Å². The predicted molar refractivity (Wildman–Crippen MR) is 107 cm³/mol. The van der Waals surface area contributed by atoms with Gasteiger partial charge < -0.3 is 24.4 Å². The lowest BCUT2D eigenvalue weighted by molar-refractivity contribution is -0.272. The van der Waals surface area contributed by atoms with E-state index in [1.54, 1.807) is 0 Å². The molecule has 12 heteroatoms. The second kappa shape index (κ2) is 8.49. The molecule has 2 aromatic rings. The number of nitrogens with zero attached hydrogens (tertiary/aromatic N) is 1. The van der Waals surface area contributed by atoms with Crippen LogP contribution in [-0.2, 0) is 9.53 Å². The number of hydrogen-bond donors (Lipinski definition) is 2. The molecular formula is C22H23F5N2O5. The summed E-state index contributed by atoms with van der Waals surface area (Å²) in [5.74, 6) is -6.69. The molecule has 0 spiro atoms. The van der Waals surface area contributed by atoms with Crippen molar-refractivity contribution in [2.45, 2.75) is 69.6 Å². The Morgan fingerprint density at radius 2 is 1.97 bits per heavy atom. The number of rotatable bonds is 5. The van der Waals surface area contributed by atoms with Gasteiger partial charge in [-0.05, 0) is 19.9 Å². The highest BCUT2D eigenvalue weighted by atomic mass is 19.4. The van der Waals surface area contributed by atoms with Crippen molar-refractivity contribution in [3.8, 4) is 5.75 Å². The van der Waals surface area contributed by atoms with E-state index in [0.29, 0.717) is 0 Å². The van der Waals surface area contributed by atoms with E-state index in [-0.39, 0.29) is 29.9 Å². The van der Waals surface area contributed by atoms with Crippen molar-refractivity contribution in [2.24, 2.45) is 5.92 Å². The summed E-state index contributed by atoms with van der Waals surface area (Å²) in [5.41, 5.74) is -2.77. The first-order chi connectivity index (χ1) is 15.8. The highest BCUT2D eigenvalue weighted by Crippen LogP contribution is 2.55. The molecule has 2 N–H and O–H groups in total. The van der Waals surface area contributed by atoms with Crippen molar-refractivity contribution >= 4 is 11.6 Å². The number of amides is 1. The Bertz CT molecular complexity index is 1080. The lowest BCUT2D eigenvalue weighted by Crippen LogP contribution is -2.47. The number of aromatic nitrogens is 1. The fraction of sp³-hybridized carbons (Fsp3) is 0.545. The van der Waals surface area contributed by atoms with Gasteiger partial charge in [0.15, 0.2) is 22.9 Å². The zero-order valence-electron chi connectivity index (χ0n) is 18.5. The van der Waals surface area contributed by atoms with Gasteiger partial charge >= 0.3 is 6.18 Å². The zero-order valence-corrected chi connectivity index (χ0v) is 18.5. The number of anilines is 1. The standard InChI is InChI=1S/C22H23F5N2O5/c1-9-16(13-4-5-14(23)17(24)18(13)32-12-6-11(30)7-12)19(33-21(9,3)22(25,26)27)20(31)29-15-8-28-34-10(15)2/h4-5,8-9,11-12,16,19,30H,6-7H2,1-3H3,(H,29,31)/t9-,11-,12+,16-,19+,21+/m0/s1. The first-order valence-corrected chi connectivity index (χ1v) is 10.6. The largest absolute Gasteiger partial charge is 0.487 e. The van der Waals surface area contributed by atoms with E-state index in [4.69, 9.17) is 14.0 Å². The van der Waals surface area contributed by atoms with Gasteiger partial charge in [0.05, 0.1) is 12.3 Å². The number of ether oxygens (including phenoxy) is 2. The summed E-state index contributed by atoms with van der Waals surface area (Å²) in [6.45, 7) is 3.53. The molecule has 7 nitrogen and oxygen atoms in total. The van der Waals surface area contributed by atoms with Gasteiger partial charge in [-0.3, -0.25) is 4.79 Å². The Kier molecular flexibility index (Phi) is 6.09. The van der Waals surface area contributed by atoms with Crippen LogP contribution in [0.3, 0.4) is 0 Å². The number of hydrogen-bond acceptors (Lipinski definition) is 6. The molecule has 4 atom stereocenters. The monoisotopic (exact) mass is 490 g/mol. The summed E-state index contributed by atoms with van der Waals surface area (Å²) in [6, 6.07) is 1.86. The molecule has 1 aliphatic carbocycles. The average Bonchev–Trinajstić information content (AvgIpc) is 3.25. The molecule has 1 saturated heterocycles. The van der Waals surface area contributed by atoms with Gasteiger partial charge in [0.1, 0.15) is 17.9 Å². The first-order valence-electron chi connectivity index (χ1n) is 10.6. The van der Waals surface area contributed by atoms with E-state index in [0.717, 1.165) is 19.1 Å². The fourth-order valence-corrected chi connectivity index (χ4v) is 4.38. The Labute approximate surface area is 191 Å². The highest BCUT2D eigenvalue weighted by Gasteiger charge is 2.66. The topological polar surface area (TPSA) is 93.8 Å². The number of carbonyl (C=O) groups is 1. The summed E-state index contributed by atoms with van der Waals surface area (Å²) >= 11 is 0. The summed E-state index contributed by atoms with van der Waals surface area (Å²) < 4.78 is 86.8. The molecule has 1 aromatic carbocycles. The Morgan fingerprint density at radius 3 is 2.53 bits per heavy atom. The van der Waals surface area contributed by atoms with Crippen LogP contribution in [0.1, 0.15) is 43.9 Å². The van der Waals surface area contributed by atoms with Crippen LogP contribution >= 0.6 is 0 Å². The maximum atomic E-state index is 14.8. The van der Waals surface area contributed by atoms with E-state index in [1.165, 1.54) is 20.0 Å². The zero-order chi connectivity index (χ0) is 25.0. The van der Waals surface area contributed by atoms with Gasteiger partial charge in [-0.2, -0.15) is 17.6 Å². The number of aryl methyl sites for hydroxylation is 1. The van der Waals surface area contributed by atoms with Gasteiger partial charge in [0.25, 0.3) is 5.91 Å². The normalized spacial score (nSPS) is 31.3. The predicted octanol–water partition coefficient (Wildman–Crippen LogP) is 4.24. The third-order valence-electron chi connectivity index (χ3n) is 6.73. The van der Waals surface area contributed by atoms with Gasteiger partial charge in [-0.15, -0.1) is 0 Å². The highest BCUT2D eigenvalue weighted by molar-refractivity contribution is 5.95. The van der Waals surface area contributed by atoms with E-state index in [1.807, 2.05) is 0 Å². The lowest BCUT2D eigenvalue weighted by atomic mass is 9.76. The number of aliphatic hydroxyl groups excluding tert-OH is 1. The average molecular weight is 490 g/mol. The van der Waals surface area contributed by atoms with E-state index in [2.05, 4.69) is 10.5 Å². The van der Waals surface area contributed by atoms with Crippen LogP contribution in [0.4, 0.5) is 27.6 Å². The Morgan fingerprint density at radius 1 is 1.29 bits per heavy atom. The SMILES string of the molecule is Cc1oncc1NC(=O)[C@@H]1O[C@@](C)(C(F)(F)F)[C@@H](C)[C@H]1c1ccc(F)c(F)c1O[C@H]1C[C@@H](O)C1. The maximum absolute atomic E-state index is 14.8. The fourth-order valence-electron chi connectivity index (χ4n) is 4.38. The van der Waals surface area contributed by atoms with Crippen LogP contribution in [0.5, 0.6) is 5.75 Å². The first kappa shape index (κ1) is 24.4. The minimum Gasteiger partial charge on any atom is -0.487 e. The van der Waals surface area contributed by atoms with Gasteiger partial charge in [-0.1, -0.05) is 18.1 Å². The van der Waals surface area contributed by atoms with Crippen molar-refractivity contribution in [1.29, 1.82) is 0 Å². The summed E-state index contributed by atoms with van der Waals surface area (Å²) in [4.78, 5) is 13.1. The van der Waals surface area contributed by atoms with Crippen molar-refractivity contribution in [3.63, 3.8) is 0 Å². The molecule has 2 heterocycles. The number of carbonyl (C=O) groups excluding carboxylic acids is 1. The van der Waals surface area contributed by atoms with Crippen molar-refractivity contribution in [3.05, 3.63) is 41.3 Å². The molecule has 1 aromatic heterocycles.